The van der Waals surface area contributed by atoms with Crippen LogP contribution >= 0.6 is 0 Å². The topological polar surface area (TPSA) is 57.4 Å². The van der Waals surface area contributed by atoms with Gasteiger partial charge in [0.15, 0.2) is 11.5 Å². The predicted molar refractivity (Wildman–Crippen MR) is 74.6 cm³/mol. The van der Waals surface area contributed by atoms with E-state index in [9.17, 15) is 0 Å². The summed E-state index contributed by atoms with van der Waals surface area (Å²) in [5.41, 5.74) is 7.55. The molecule has 0 unspecified atom stereocenters. The number of benzene rings is 1. The first-order valence-corrected chi connectivity index (χ1v) is 6.26. The lowest BCUT2D eigenvalue weighted by Crippen LogP contribution is -1.99. The third kappa shape index (κ3) is 3.23. The molecule has 1 heterocycles. The van der Waals surface area contributed by atoms with Crippen molar-refractivity contribution in [2.45, 2.75) is 19.9 Å². The second kappa shape index (κ2) is 6.20. The van der Waals surface area contributed by atoms with Crippen LogP contribution in [0.5, 0.6) is 17.2 Å². The first-order chi connectivity index (χ1) is 9.26. The largest absolute Gasteiger partial charge is 0.493 e. The summed E-state index contributed by atoms with van der Waals surface area (Å²) in [4.78, 5) is 4.19. The van der Waals surface area contributed by atoms with Crippen molar-refractivity contribution in [1.82, 2.24) is 4.98 Å². The fraction of sp³-hybridized carbons (Fsp3) is 0.267. The molecule has 100 valence electrons. The van der Waals surface area contributed by atoms with Gasteiger partial charge in [0.2, 0.25) is 0 Å². The van der Waals surface area contributed by atoms with Crippen molar-refractivity contribution in [2.75, 3.05) is 7.11 Å². The second-order valence-electron chi connectivity index (χ2n) is 4.13. The van der Waals surface area contributed by atoms with Crippen molar-refractivity contribution >= 4 is 0 Å². The normalized spacial score (nSPS) is 10.3. The SMILES string of the molecule is CCc1ccc(Oc2ccc(CN)nc2)c(OC)c1. The standard InChI is InChI=1S/C15H18N2O2/c1-3-11-4-7-14(15(8-11)18-2)19-13-6-5-12(9-16)17-10-13/h4-8,10H,3,9,16H2,1-2H3. The molecule has 0 atom stereocenters. The van der Waals surface area contributed by atoms with Crippen LogP contribution in [0.2, 0.25) is 0 Å². The van der Waals surface area contributed by atoms with Crippen molar-refractivity contribution in [3.05, 3.63) is 47.8 Å². The highest BCUT2D eigenvalue weighted by molar-refractivity contribution is 5.45. The zero-order chi connectivity index (χ0) is 13.7. The molecule has 2 aromatic rings. The molecular formula is C15H18N2O2. The number of aryl methyl sites for hydroxylation is 1. The Hall–Kier alpha value is -2.07. The van der Waals surface area contributed by atoms with Gasteiger partial charge in [-0.2, -0.15) is 0 Å². The Morgan fingerprint density at radius 1 is 1.16 bits per heavy atom. The first-order valence-electron chi connectivity index (χ1n) is 6.26. The molecule has 0 fully saturated rings. The number of rotatable bonds is 5. The van der Waals surface area contributed by atoms with Gasteiger partial charge in [-0.15, -0.1) is 0 Å². The van der Waals surface area contributed by atoms with Crippen LogP contribution in [-0.2, 0) is 13.0 Å². The fourth-order valence-corrected chi connectivity index (χ4v) is 1.74. The van der Waals surface area contributed by atoms with Crippen LogP contribution in [0.3, 0.4) is 0 Å². The van der Waals surface area contributed by atoms with Crippen LogP contribution in [0, 0.1) is 0 Å². The van der Waals surface area contributed by atoms with Gasteiger partial charge in [-0.05, 0) is 36.2 Å². The summed E-state index contributed by atoms with van der Waals surface area (Å²) in [5, 5.41) is 0. The van der Waals surface area contributed by atoms with E-state index < -0.39 is 0 Å². The number of nitrogens with zero attached hydrogens (tertiary/aromatic N) is 1. The minimum absolute atomic E-state index is 0.425. The highest BCUT2D eigenvalue weighted by Gasteiger charge is 2.06. The molecule has 0 aliphatic rings. The lowest BCUT2D eigenvalue weighted by Gasteiger charge is -2.11. The van der Waals surface area contributed by atoms with Gasteiger partial charge in [0, 0.05) is 6.54 Å². The van der Waals surface area contributed by atoms with Gasteiger partial charge >= 0.3 is 0 Å². The molecule has 19 heavy (non-hydrogen) atoms. The number of ether oxygens (including phenoxy) is 2. The quantitative estimate of drug-likeness (QED) is 0.895. The van der Waals surface area contributed by atoms with Crippen LogP contribution in [0.25, 0.3) is 0 Å². The molecule has 0 aliphatic carbocycles. The smallest absolute Gasteiger partial charge is 0.169 e. The predicted octanol–water partition coefficient (Wildman–Crippen LogP) is 2.90. The van der Waals surface area contributed by atoms with Gasteiger partial charge in [-0.3, -0.25) is 4.98 Å². The molecule has 2 N–H and O–H groups in total. The van der Waals surface area contributed by atoms with E-state index in [1.165, 1.54) is 5.56 Å². The summed E-state index contributed by atoms with van der Waals surface area (Å²) in [7, 11) is 1.64. The van der Waals surface area contributed by atoms with E-state index in [0.29, 0.717) is 18.0 Å². The molecule has 0 spiro atoms. The first kappa shape index (κ1) is 13.4. The molecule has 4 heteroatoms. The van der Waals surface area contributed by atoms with E-state index in [1.807, 2.05) is 30.3 Å². The molecule has 0 saturated carbocycles. The summed E-state index contributed by atoms with van der Waals surface area (Å²) in [6, 6.07) is 9.62. The van der Waals surface area contributed by atoms with E-state index in [2.05, 4.69) is 11.9 Å². The zero-order valence-corrected chi connectivity index (χ0v) is 11.2. The number of pyridine rings is 1. The van der Waals surface area contributed by atoms with E-state index in [-0.39, 0.29) is 0 Å². The van der Waals surface area contributed by atoms with Gasteiger partial charge in [-0.25, -0.2) is 0 Å². The van der Waals surface area contributed by atoms with Gasteiger partial charge in [0.1, 0.15) is 5.75 Å². The van der Waals surface area contributed by atoms with E-state index in [1.54, 1.807) is 13.3 Å². The van der Waals surface area contributed by atoms with Crippen LogP contribution in [-0.4, -0.2) is 12.1 Å². The minimum Gasteiger partial charge on any atom is -0.493 e. The Labute approximate surface area is 113 Å². The maximum atomic E-state index is 5.77. The molecule has 0 radical (unpaired) electrons. The Bertz CT molecular complexity index is 538. The van der Waals surface area contributed by atoms with Crippen LogP contribution < -0.4 is 15.2 Å². The van der Waals surface area contributed by atoms with E-state index in [0.717, 1.165) is 17.9 Å². The van der Waals surface area contributed by atoms with Crippen molar-refractivity contribution < 1.29 is 9.47 Å². The molecule has 0 bridgehead atoms. The molecule has 4 nitrogen and oxygen atoms in total. The van der Waals surface area contributed by atoms with Crippen LogP contribution in [0.4, 0.5) is 0 Å². The van der Waals surface area contributed by atoms with Gasteiger partial charge in [0.25, 0.3) is 0 Å². The Balaban J connectivity index is 2.21. The average Bonchev–Trinajstić information content (AvgIpc) is 2.48. The second-order valence-corrected chi connectivity index (χ2v) is 4.13. The number of hydrogen-bond acceptors (Lipinski definition) is 4. The number of nitrogens with two attached hydrogens (primary N) is 1. The summed E-state index contributed by atoms with van der Waals surface area (Å²) in [5.74, 6) is 2.07. The Morgan fingerprint density at radius 2 is 2.00 bits per heavy atom. The third-order valence-corrected chi connectivity index (χ3v) is 2.87. The van der Waals surface area contributed by atoms with E-state index >= 15 is 0 Å². The van der Waals surface area contributed by atoms with Crippen LogP contribution in [0.15, 0.2) is 36.5 Å². The molecule has 0 saturated heterocycles. The highest BCUT2D eigenvalue weighted by atomic mass is 16.5. The fourth-order valence-electron chi connectivity index (χ4n) is 1.74. The number of hydrogen-bond donors (Lipinski definition) is 1. The van der Waals surface area contributed by atoms with Crippen molar-refractivity contribution in [2.24, 2.45) is 5.73 Å². The molecular weight excluding hydrogens is 240 g/mol. The summed E-state index contributed by atoms with van der Waals surface area (Å²) >= 11 is 0. The molecule has 0 amide bonds. The number of methoxy groups -OCH3 is 1. The molecule has 1 aromatic heterocycles. The summed E-state index contributed by atoms with van der Waals surface area (Å²) in [6.45, 7) is 2.53. The Morgan fingerprint density at radius 3 is 2.58 bits per heavy atom. The minimum atomic E-state index is 0.425. The average molecular weight is 258 g/mol. The summed E-state index contributed by atoms with van der Waals surface area (Å²) in [6.07, 6.45) is 2.62. The lowest BCUT2D eigenvalue weighted by molar-refractivity contribution is 0.378. The zero-order valence-electron chi connectivity index (χ0n) is 11.2. The maximum absolute atomic E-state index is 5.77. The van der Waals surface area contributed by atoms with Crippen LogP contribution in [0.1, 0.15) is 18.2 Å². The summed E-state index contributed by atoms with van der Waals surface area (Å²) < 4.78 is 11.1. The van der Waals surface area contributed by atoms with Crippen molar-refractivity contribution in [3.63, 3.8) is 0 Å². The van der Waals surface area contributed by atoms with Crippen molar-refractivity contribution in [1.29, 1.82) is 0 Å². The molecule has 0 aliphatic heterocycles. The Kier molecular flexibility index (Phi) is 4.36. The highest BCUT2D eigenvalue weighted by Crippen LogP contribution is 2.32. The third-order valence-electron chi connectivity index (χ3n) is 2.87. The lowest BCUT2D eigenvalue weighted by atomic mass is 10.1. The molecule has 2 rings (SSSR count). The maximum Gasteiger partial charge on any atom is 0.169 e. The van der Waals surface area contributed by atoms with Crippen molar-refractivity contribution in [3.8, 4) is 17.2 Å². The van der Waals surface area contributed by atoms with Gasteiger partial charge in [0.05, 0.1) is 19.0 Å². The van der Waals surface area contributed by atoms with Gasteiger partial charge < -0.3 is 15.2 Å². The molecule has 1 aromatic carbocycles. The number of aromatic nitrogens is 1. The van der Waals surface area contributed by atoms with Gasteiger partial charge in [-0.1, -0.05) is 13.0 Å². The monoisotopic (exact) mass is 258 g/mol. The van der Waals surface area contributed by atoms with E-state index in [4.69, 9.17) is 15.2 Å².